The topological polar surface area (TPSA) is 81.3 Å². The Hall–Kier alpha value is -3.00. The third kappa shape index (κ3) is 3.04. The molecule has 0 saturated carbocycles. The van der Waals surface area contributed by atoms with Crippen LogP contribution >= 0.6 is 11.3 Å². The first kappa shape index (κ1) is 18.1. The van der Waals surface area contributed by atoms with E-state index in [2.05, 4.69) is 22.3 Å². The van der Waals surface area contributed by atoms with Gasteiger partial charge in [-0.25, -0.2) is 18.9 Å². The molecule has 8 heteroatoms. The Morgan fingerprint density at radius 3 is 3.00 bits per heavy atom. The van der Waals surface area contributed by atoms with Gasteiger partial charge < -0.3 is 5.32 Å². The number of nitrogens with zero attached hydrogens (tertiary/aromatic N) is 4. The van der Waals surface area contributed by atoms with Crippen molar-refractivity contribution in [3.63, 3.8) is 0 Å². The molecule has 1 aromatic carbocycles. The van der Waals surface area contributed by atoms with Crippen LogP contribution in [0.25, 0.3) is 15.9 Å². The van der Waals surface area contributed by atoms with Crippen LogP contribution in [0, 0.1) is 12.8 Å². The molecule has 0 saturated heterocycles. The Kier molecular flexibility index (Phi) is 4.24. The van der Waals surface area contributed by atoms with Gasteiger partial charge in [0.1, 0.15) is 17.7 Å². The largest absolute Gasteiger partial charge is 0.352 e. The van der Waals surface area contributed by atoms with E-state index in [9.17, 15) is 9.59 Å². The maximum absolute atomic E-state index is 12.8. The van der Waals surface area contributed by atoms with Crippen molar-refractivity contribution in [2.45, 2.75) is 39.7 Å². The van der Waals surface area contributed by atoms with E-state index < -0.39 is 0 Å². The minimum atomic E-state index is -0.349. The molecule has 0 radical (unpaired) electrons. The van der Waals surface area contributed by atoms with Gasteiger partial charge in [0.25, 0.3) is 0 Å². The van der Waals surface area contributed by atoms with Gasteiger partial charge in [-0.2, -0.15) is 0 Å². The summed E-state index contributed by atoms with van der Waals surface area (Å²) >= 11 is 1.70. The van der Waals surface area contributed by atoms with Crippen LogP contribution < -0.4 is 11.0 Å². The number of rotatable bonds is 3. The molecule has 3 heterocycles. The van der Waals surface area contributed by atoms with Crippen LogP contribution in [0.2, 0.25) is 0 Å². The number of carbonyl (C=O) groups excluding carboxylic acids is 1. The number of benzene rings is 1. The number of fused-ring (bicyclic) bond motifs is 5. The molecule has 1 N–H and O–H groups in total. The number of thiophene rings is 1. The molecule has 7 nitrogen and oxygen atoms in total. The number of aromatic nitrogens is 4. The van der Waals surface area contributed by atoms with E-state index in [4.69, 9.17) is 0 Å². The number of hydrogen-bond donors (Lipinski definition) is 1. The molecule has 1 aliphatic rings. The van der Waals surface area contributed by atoms with E-state index in [1.54, 1.807) is 11.3 Å². The highest BCUT2D eigenvalue weighted by atomic mass is 32.1. The van der Waals surface area contributed by atoms with Crippen LogP contribution in [0.15, 0.2) is 35.4 Å². The molecule has 4 aromatic rings. The molecule has 5 rings (SSSR count). The first-order chi connectivity index (χ1) is 14.0. The lowest BCUT2D eigenvalue weighted by molar-refractivity contribution is -0.117. The molecule has 1 atom stereocenters. The van der Waals surface area contributed by atoms with Gasteiger partial charge in [-0.05, 0) is 49.3 Å². The predicted octanol–water partition coefficient (Wildman–Crippen LogP) is 3.18. The first-order valence-electron chi connectivity index (χ1n) is 9.75. The minimum absolute atomic E-state index is 0.139. The van der Waals surface area contributed by atoms with E-state index in [1.165, 1.54) is 25.9 Å². The van der Waals surface area contributed by atoms with Crippen molar-refractivity contribution in [1.29, 1.82) is 0 Å². The quantitative estimate of drug-likeness (QED) is 0.566. The molecular formula is C21H21N5O2S. The fourth-order valence-electron chi connectivity index (χ4n) is 4.00. The van der Waals surface area contributed by atoms with E-state index in [0.717, 1.165) is 40.7 Å². The lowest BCUT2D eigenvalue weighted by Crippen LogP contribution is -2.28. The van der Waals surface area contributed by atoms with Crippen LogP contribution in [0.5, 0.6) is 0 Å². The summed E-state index contributed by atoms with van der Waals surface area (Å²) in [7, 11) is 0. The van der Waals surface area contributed by atoms with Crippen molar-refractivity contribution in [2.24, 2.45) is 5.92 Å². The number of nitrogens with one attached hydrogen (secondary N) is 1. The van der Waals surface area contributed by atoms with Gasteiger partial charge in [0, 0.05) is 10.6 Å². The fraction of sp³-hybridized carbons (Fsp3) is 0.333. The van der Waals surface area contributed by atoms with Crippen LogP contribution in [0.3, 0.4) is 0 Å². The zero-order valence-electron chi connectivity index (χ0n) is 16.3. The van der Waals surface area contributed by atoms with Gasteiger partial charge in [-0.1, -0.05) is 25.1 Å². The highest BCUT2D eigenvalue weighted by Crippen LogP contribution is 2.38. The molecule has 3 aromatic heterocycles. The van der Waals surface area contributed by atoms with E-state index in [-0.39, 0.29) is 18.1 Å². The Labute approximate surface area is 171 Å². The molecule has 0 aliphatic heterocycles. The average Bonchev–Trinajstić information content (AvgIpc) is 3.21. The van der Waals surface area contributed by atoms with Crippen molar-refractivity contribution in [3.8, 4) is 0 Å². The van der Waals surface area contributed by atoms with Gasteiger partial charge >= 0.3 is 5.69 Å². The van der Waals surface area contributed by atoms with Crippen LogP contribution in [0.4, 0.5) is 5.69 Å². The molecule has 1 unspecified atom stereocenters. The van der Waals surface area contributed by atoms with Crippen molar-refractivity contribution in [2.75, 3.05) is 5.32 Å². The fourth-order valence-corrected chi connectivity index (χ4v) is 5.35. The van der Waals surface area contributed by atoms with E-state index in [0.29, 0.717) is 11.6 Å². The van der Waals surface area contributed by atoms with Crippen molar-refractivity contribution in [1.82, 2.24) is 19.2 Å². The Morgan fingerprint density at radius 2 is 2.17 bits per heavy atom. The second-order valence-corrected chi connectivity index (χ2v) is 8.86. The number of carbonyl (C=O) groups is 1. The molecule has 1 amide bonds. The summed E-state index contributed by atoms with van der Waals surface area (Å²) in [6.45, 7) is 4.05. The molecule has 0 bridgehead atoms. The van der Waals surface area contributed by atoms with Gasteiger partial charge in [-0.3, -0.25) is 4.79 Å². The second-order valence-electron chi connectivity index (χ2n) is 7.77. The maximum Gasteiger partial charge on any atom is 0.352 e. The monoisotopic (exact) mass is 407 g/mol. The Morgan fingerprint density at radius 1 is 1.34 bits per heavy atom. The zero-order valence-corrected chi connectivity index (χ0v) is 17.1. The number of para-hydroxylation sites is 1. The molecule has 0 fully saturated rings. The summed E-state index contributed by atoms with van der Waals surface area (Å²) in [5.41, 5.74) is 3.21. The first-order valence-corrected chi connectivity index (χ1v) is 10.6. The zero-order chi connectivity index (χ0) is 20.1. The van der Waals surface area contributed by atoms with Crippen molar-refractivity contribution < 1.29 is 4.79 Å². The summed E-state index contributed by atoms with van der Waals surface area (Å²) in [5, 5.41) is 8.34. The summed E-state index contributed by atoms with van der Waals surface area (Å²) in [6.07, 6.45) is 4.68. The predicted molar refractivity (Wildman–Crippen MR) is 114 cm³/mol. The normalized spacial score (nSPS) is 16.3. The second kappa shape index (κ2) is 6.81. The number of amides is 1. The lowest BCUT2D eigenvalue weighted by Gasteiger charge is -2.17. The van der Waals surface area contributed by atoms with Crippen molar-refractivity contribution >= 4 is 38.8 Å². The molecular weight excluding hydrogens is 386 g/mol. The van der Waals surface area contributed by atoms with Crippen LogP contribution in [-0.2, 0) is 24.2 Å². The minimum Gasteiger partial charge on any atom is -0.324 e. The highest BCUT2D eigenvalue weighted by molar-refractivity contribution is 7.19. The summed E-state index contributed by atoms with van der Waals surface area (Å²) in [4.78, 5) is 32.1. The van der Waals surface area contributed by atoms with Gasteiger partial charge in [0.2, 0.25) is 5.91 Å². The number of aryl methyl sites for hydroxylation is 2. The van der Waals surface area contributed by atoms with Crippen LogP contribution in [0.1, 0.15) is 29.3 Å². The van der Waals surface area contributed by atoms with E-state index in [1.807, 2.05) is 31.2 Å². The van der Waals surface area contributed by atoms with E-state index >= 15 is 0 Å². The highest BCUT2D eigenvalue weighted by Gasteiger charge is 2.24. The number of anilines is 1. The Balaban J connectivity index is 1.53. The van der Waals surface area contributed by atoms with Gasteiger partial charge in [0.05, 0.1) is 5.39 Å². The third-order valence-electron chi connectivity index (χ3n) is 5.59. The summed E-state index contributed by atoms with van der Waals surface area (Å²) in [6, 6.07) is 7.54. The van der Waals surface area contributed by atoms with Crippen LogP contribution in [-0.4, -0.2) is 25.1 Å². The molecule has 148 valence electrons. The molecule has 29 heavy (non-hydrogen) atoms. The lowest BCUT2D eigenvalue weighted by atomic mass is 9.89. The van der Waals surface area contributed by atoms with Gasteiger partial charge in [0.15, 0.2) is 5.65 Å². The SMILES string of the molecule is Cc1ccccc1NC(=O)Cn1nc2c3c4c(sc3ncn2c1=O)CC(C)CC4. The maximum atomic E-state index is 12.8. The van der Waals surface area contributed by atoms with Crippen molar-refractivity contribution in [3.05, 3.63) is 57.1 Å². The summed E-state index contributed by atoms with van der Waals surface area (Å²) < 4.78 is 2.67. The standard InChI is InChI=1S/C21H21N5O2S/c1-12-7-8-14-16(9-12)29-20-18(14)19-24-26(21(28)25(19)11-22-20)10-17(27)23-15-6-4-3-5-13(15)2/h3-6,11-12H,7-10H2,1-2H3,(H,23,27). The average molecular weight is 407 g/mol. The third-order valence-corrected chi connectivity index (χ3v) is 6.75. The van der Waals surface area contributed by atoms with Gasteiger partial charge in [-0.15, -0.1) is 16.4 Å². The summed E-state index contributed by atoms with van der Waals surface area (Å²) in [5.74, 6) is 0.381. The number of hydrogen-bond acceptors (Lipinski definition) is 5. The molecule has 1 aliphatic carbocycles. The smallest absolute Gasteiger partial charge is 0.324 e. The Bertz CT molecular complexity index is 1320. The molecule has 0 spiro atoms.